The van der Waals surface area contributed by atoms with Crippen LogP contribution in [0.25, 0.3) is 0 Å². The van der Waals surface area contributed by atoms with Gasteiger partial charge < -0.3 is 8.98 Å². The summed E-state index contributed by atoms with van der Waals surface area (Å²) in [6.45, 7) is 1.46. The molecular weight excluding hydrogens is 345 g/mol. The Kier molecular flexibility index (Phi) is 5.28. The van der Waals surface area contributed by atoms with Crippen LogP contribution in [-0.2, 0) is 21.3 Å². The number of benzene rings is 2. The lowest BCUT2D eigenvalue weighted by atomic mass is 10.1. The fourth-order valence-corrected chi connectivity index (χ4v) is 2.90. The van der Waals surface area contributed by atoms with Crippen LogP contribution >= 0.6 is 0 Å². The smallest absolute Gasteiger partial charge is 0.342 e. The van der Waals surface area contributed by atoms with Crippen LogP contribution in [0.5, 0.6) is 5.75 Å². The lowest BCUT2D eigenvalue weighted by Crippen LogP contribution is -2.12. The maximum Gasteiger partial charge on any atom is 0.342 e. The van der Waals surface area contributed by atoms with Crippen molar-refractivity contribution in [3.63, 3.8) is 0 Å². The first-order valence-corrected chi connectivity index (χ1v) is 8.27. The summed E-state index contributed by atoms with van der Waals surface area (Å²) < 4.78 is 68.3. The van der Waals surface area contributed by atoms with Crippen LogP contribution in [0.15, 0.2) is 41.3 Å². The van der Waals surface area contributed by atoms with Crippen LogP contribution in [0.2, 0.25) is 0 Å². The average Bonchev–Trinajstić information content (AvgIpc) is 2.49. The van der Waals surface area contributed by atoms with Crippen molar-refractivity contribution in [2.45, 2.75) is 24.7 Å². The summed E-state index contributed by atoms with van der Waals surface area (Å²) in [5.74, 6) is -4.55. The number of carbonyl (C=O) groups excluding carboxylic acids is 1. The summed E-state index contributed by atoms with van der Waals surface area (Å²) in [5.41, 5.74) is 0.786. The monoisotopic (exact) mass is 358 g/mol. The Labute approximate surface area is 137 Å². The van der Waals surface area contributed by atoms with Crippen molar-refractivity contribution < 1.29 is 30.6 Å². The fraction of sp³-hybridized carbons (Fsp3) is 0.188. The van der Waals surface area contributed by atoms with Gasteiger partial charge in [0.1, 0.15) is 22.2 Å². The van der Waals surface area contributed by atoms with Crippen LogP contribution in [0, 0.1) is 17.5 Å². The number of rotatable bonds is 6. The maximum absolute atomic E-state index is 13.6. The molecule has 4 nitrogen and oxygen atoms in total. The van der Waals surface area contributed by atoms with E-state index in [0.29, 0.717) is 12.8 Å². The third-order valence-corrected chi connectivity index (χ3v) is 4.40. The molecule has 0 atom stereocenters. The summed E-state index contributed by atoms with van der Waals surface area (Å²) in [7, 11) is -4.66. The van der Waals surface area contributed by atoms with Gasteiger partial charge in [-0.2, -0.15) is 8.42 Å². The van der Waals surface area contributed by atoms with Crippen molar-refractivity contribution in [2.24, 2.45) is 0 Å². The van der Waals surface area contributed by atoms with Gasteiger partial charge in [-0.15, -0.1) is 0 Å². The summed E-state index contributed by atoms with van der Waals surface area (Å²) in [6.07, 6.45) is 0.832. The zero-order valence-electron chi connectivity index (χ0n) is 12.6. The van der Waals surface area contributed by atoms with Crippen LogP contribution in [-0.4, -0.2) is 14.2 Å². The lowest BCUT2D eigenvalue weighted by Gasteiger charge is -2.09. The van der Waals surface area contributed by atoms with E-state index < -0.39 is 32.5 Å². The normalized spacial score (nSPS) is 11.3. The Morgan fingerprint density at radius 3 is 2.17 bits per heavy atom. The molecule has 8 heteroatoms. The highest BCUT2D eigenvalue weighted by atomic mass is 32.2. The summed E-state index contributed by atoms with van der Waals surface area (Å²) >= 11 is 0. The number of Topliss-reactive ketones (excluding diaryl/α,β-unsaturated/α-hetero) is 1. The van der Waals surface area contributed by atoms with Crippen molar-refractivity contribution >= 4 is 15.9 Å². The van der Waals surface area contributed by atoms with Crippen molar-refractivity contribution in [1.29, 1.82) is 0 Å². The van der Waals surface area contributed by atoms with Gasteiger partial charge in [0, 0.05) is 18.6 Å². The molecule has 0 unspecified atom stereocenters. The van der Waals surface area contributed by atoms with E-state index in [9.17, 15) is 26.4 Å². The topological polar surface area (TPSA) is 60.4 Å². The minimum atomic E-state index is -4.66. The molecule has 128 valence electrons. The standard InChI is InChI=1S/C16H13F3O4S/c1-10(20)2-3-11-4-6-12(7-5-11)23-24(21,22)16-9-14(18)13(17)8-15(16)19/h4-9H,2-3H2,1H3. The van der Waals surface area contributed by atoms with Gasteiger partial charge in [0.15, 0.2) is 11.6 Å². The number of aryl methyl sites for hydroxylation is 1. The van der Waals surface area contributed by atoms with Gasteiger partial charge in [-0.3, -0.25) is 0 Å². The summed E-state index contributed by atoms with van der Waals surface area (Å²) in [4.78, 5) is 9.82. The van der Waals surface area contributed by atoms with Crippen LogP contribution in [0.1, 0.15) is 18.9 Å². The zero-order valence-corrected chi connectivity index (χ0v) is 13.4. The van der Waals surface area contributed by atoms with E-state index in [2.05, 4.69) is 0 Å². The van der Waals surface area contributed by atoms with Crippen LogP contribution in [0.3, 0.4) is 0 Å². The molecule has 2 aromatic rings. The van der Waals surface area contributed by atoms with Gasteiger partial charge in [-0.05, 0) is 31.0 Å². The molecule has 0 saturated heterocycles. The van der Waals surface area contributed by atoms with Crippen molar-refractivity contribution in [3.05, 3.63) is 59.4 Å². The van der Waals surface area contributed by atoms with Crippen LogP contribution in [0.4, 0.5) is 13.2 Å². The van der Waals surface area contributed by atoms with E-state index in [0.717, 1.165) is 5.56 Å². The molecule has 2 aromatic carbocycles. The molecule has 0 bridgehead atoms. The van der Waals surface area contributed by atoms with E-state index in [-0.39, 0.29) is 23.7 Å². The largest absolute Gasteiger partial charge is 0.379 e. The molecule has 0 fully saturated rings. The van der Waals surface area contributed by atoms with E-state index >= 15 is 0 Å². The van der Waals surface area contributed by atoms with Gasteiger partial charge in [-0.25, -0.2) is 13.2 Å². The number of hydrogen-bond acceptors (Lipinski definition) is 4. The predicted molar refractivity (Wildman–Crippen MR) is 79.6 cm³/mol. The molecular formula is C16H13F3O4S. The number of halogens is 3. The molecule has 0 N–H and O–H groups in total. The Morgan fingerprint density at radius 1 is 1.00 bits per heavy atom. The maximum atomic E-state index is 13.6. The highest BCUT2D eigenvalue weighted by Crippen LogP contribution is 2.23. The molecule has 0 aliphatic heterocycles. The van der Waals surface area contributed by atoms with Gasteiger partial charge in [-0.1, -0.05) is 12.1 Å². The molecule has 0 aliphatic rings. The Morgan fingerprint density at radius 2 is 1.58 bits per heavy atom. The Balaban J connectivity index is 2.20. The van der Waals surface area contributed by atoms with Gasteiger partial charge >= 0.3 is 10.1 Å². The van der Waals surface area contributed by atoms with Crippen molar-refractivity contribution in [3.8, 4) is 5.75 Å². The third kappa shape index (κ3) is 4.35. The van der Waals surface area contributed by atoms with Gasteiger partial charge in [0.05, 0.1) is 0 Å². The molecule has 0 radical (unpaired) electrons. The first-order valence-electron chi connectivity index (χ1n) is 6.86. The Bertz CT molecular complexity index is 862. The number of ketones is 1. The van der Waals surface area contributed by atoms with E-state index in [1.165, 1.54) is 19.1 Å². The van der Waals surface area contributed by atoms with Gasteiger partial charge in [0.25, 0.3) is 0 Å². The third-order valence-electron chi connectivity index (χ3n) is 3.14. The summed E-state index contributed by atoms with van der Waals surface area (Å²) in [6, 6.07) is 6.11. The zero-order chi connectivity index (χ0) is 17.9. The predicted octanol–water partition coefficient (Wildman–Crippen LogP) is 3.39. The fourth-order valence-electron chi connectivity index (χ4n) is 1.90. The highest BCUT2D eigenvalue weighted by Gasteiger charge is 2.24. The van der Waals surface area contributed by atoms with Gasteiger partial charge in [0.2, 0.25) is 0 Å². The second-order valence-corrected chi connectivity index (χ2v) is 6.59. The molecule has 0 heterocycles. The molecule has 0 aromatic heterocycles. The number of carbonyl (C=O) groups is 1. The second kappa shape index (κ2) is 7.04. The number of hydrogen-bond donors (Lipinski definition) is 0. The van der Waals surface area contributed by atoms with Crippen LogP contribution < -0.4 is 4.18 Å². The first kappa shape index (κ1) is 18.0. The lowest BCUT2D eigenvalue weighted by molar-refractivity contribution is -0.116. The molecule has 0 saturated carbocycles. The second-order valence-electron chi connectivity index (χ2n) is 5.08. The Hall–Kier alpha value is -2.35. The van der Waals surface area contributed by atoms with E-state index in [1.54, 1.807) is 12.1 Å². The quantitative estimate of drug-likeness (QED) is 0.587. The highest BCUT2D eigenvalue weighted by molar-refractivity contribution is 7.87. The molecule has 0 amide bonds. The molecule has 2 rings (SSSR count). The molecule has 24 heavy (non-hydrogen) atoms. The minimum Gasteiger partial charge on any atom is -0.379 e. The molecule has 0 spiro atoms. The summed E-state index contributed by atoms with van der Waals surface area (Å²) in [5, 5.41) is 0. The van der Waals surface area contributed by atoms with Crippen molar-refractivity contribution in [1.82, 2.24) is 0 Å². The minimum absolute atomic E-state index is 0.0201. The first-order chi connectivity index (χ1) is 11.2. The molecule has 0 aliphatic carbocycles. The SMILES string of the molecule is CC(=O)CCc1ccc(OS(=O)(=O)c2cc(F)c(F)cc2F)cc1. The van der Waals surface area contributed by atoms with Crippen molar-refractivity contribution in [2.75, 3.05) is 0 Å². The average molecular weight is 358 g/mol. The van der Waals surface area contributed by atoms with E-state index in [4.69, 9.17) is 4.18 Å². The van der Waals surface area contributed by atoms with E-state index in [1.807, 2.05) is 0 Å².